The summed E-state index contributed by atoms with van der Waals surface area (Å²) in [6.07, 6.45) is 0.585. The van der Waals surface area contributed by atoms with Crippen LogP contribution in [0.2, 0.25) is 0 Å². The molecule has 0 saturated carbocycles. The van der Waals surface area contributed by atoms with Crippen molar-refractivity contribution in [2.75, 3.05) is 32.2 Å². The molecule has 158 valence electrons. The Morgan fingerprint density at radius 2 is 1.77 bits per heavy atom. The first kappa shape index (κ1) is 21.6. The molecule has 0 aliphatic carbocycles. The van der Waals surface area contributed by atoms with Crippen LogP contribution < -0.4 is 10.1 Å². The predicted octanol–water partition coefficient (Wildman–Crippen LogP) is 3.93. The molecule has 0 bridgehead atoms. The second-order valence-corrected chi connectivity index (χ2v) is 7.19. The first-order valence-electron chi connectivity index (χ1n) is 10.1. The van der Waals surface area contributed by atoms with Gasteiger partial charge in [-0.3, -0.25) is 14.5 Å². The quantitative estimate of drug-likeness (QED) is 0.503. The Morgan fingerprint density at radius 3 is 2.47 bits per heavy atom. The van der Waals surface area contributed by atoms with E-state index in [4.69, 9.17) is 9.47 Å². The van der Waals surface area contributed by atoms with Gasteiger partial charge >= 0.3 is 0 Å². The molecule has 1 aliphatic rings. The summed E-state index contributed by atoms with van der Waals surface area (Å²) >= 11 is 0. The lowest BCUT2D eigenvalue weighted by atomic mass is 10.0. The van der Waals surface area contributed by atoms with Crippen LogP contribution in [0.1, 0.15) is 30.0 Å². The van der Waals surface area contributed by atoms with E-state index in [0.29, 0.717) is 43.1 Å². The molecule has 2 aromatic rings. The number of nitrogens with zero attached hydrogens (tertiary/aromatic N) is 1. The SMILES string of the molecule is CCOCCCN1C(=O)C(Nc2ccc(C)c(C)c2)=C(c2ccccc2OC)C1=O. The Labute approximate surface area is 177 Å². The standard InChI is InChI=1S/C24H28N2O4/c1-5-30-14-8-13-26-23(27)21(19-9-6-7-10-20(19)29-4)22(24(26)28)25-18-12-11-16(2)17(3)15-18/h6-7,9-12,15,25H,5,8,13-14H2,1-4H3. The van der Waals surface area contributed by atoms with E-state index < -0.39 is 0 Å². The highest BCUT2D eigenvalue weighted by molar-refractivity contribution is 6.37. The minimum Gasteiger partial charge on any atom is -0.496 e. The molecule has 6 heteroatoms. The maximum Gasteiger partial charge on any atom is 0.278 e. The third-order valence-electron chi connectivity index (χ3n) is 5.20. The fraction of sp³-hybridized carbons (Fsp3) is 0.333. The van der Waals surface area contributed by atoms with Crippen molar-refractivity contribution in [2.45, 2.75) is 27.2 Å². The summed E-state index contributed by atoms with van der Waals surface area (Å²) in [6, 6.07) is 13.1. The second-order valence-electron chi connectivity index (χ2n) is 7.19. The number of methoxy groups -OCH3 is 1. The maximum atomic E-state index is 13.3. The molecule has 1 heterocycles. The molecule has 0 atom stereocenters. The van der Waals surface area contributed by atoms with Gasteiger partial charge in [0.05, 0.1) is 12.7 Å². The Hall–Kier alpha value is -3.12. The lowest BCUT2D eigenvalue weighted by Gasteiger charge is -2.15. The van der Waals surface area contributed by atoms with E-state index in [-0.39, 0.29) is 17.5 Å². The van der Waals surface area contributed by atoms with Crippen molar-refractivity contribution >= 4 is 23.1 Å². The minimum atomic E-state index is -0.337. The number of nitrogens with one attached hydrogen (secondary N) is 1. The first-order chi connectivity index (χ1) is 14.5. The highest BCUT2D eigenvalue weighted by Crippen LogP contribution is 2.35. The van der Waals surface area contributed by atoms with Gasteiger partial charge < -0.3 is 14.8 Å². The number of hydrogen-bond donors (Lipinski definition) is 1. The number of imide groups is 1. The van der Waals surface area contributed by atoms with E-state index in [2.05, 4.69) is 5.32 Å². The molecule has 0 radical (unpaired) electrons. The number of ether oxygens (including phenoxy) is 2. The van der Waals surface area contributed by atoms with Crippen molar-refractivity contribution < 1.29 is 19.1 Å². The van der Waals surface area contributed by atoms with Gasteiger partial charge in [0.25, 0.3) is 11.8 Å². The van der Waals surface area contributed by atoms with Crippen LogP contribution in [0.5, 0.6) is 5.75 Å². The van der Waals surface area contributed by atoms with Gasteiger partial charge in [0.1, 0.15) is 11.4 Å². The predicted molar refractivity (Wildman–Crippen MR) is 117 cm³/mol. The normalized spacial score (nSPS) is 13.9. The number of carbonyl (C=O) groups is 2. The Kier molecular flexibility index (Phi) is 6.90. The van der Waals surface area contributed by atoms with Crippen molar-refractivity contribution in [1.82, 2.24) is 4.90 Å². The van der Waals surface area contributed by atoms with E-state index in [0.717, 1.165) is 16.8 Å². The molecule has 0 spiro atoms. The number of hydrogen-bond acceptors (Lipinski definition) is 5. The lowest BCUT2D eigenvalue weighted by molar-refractivity contribution is -0.137. The number of para-hydroxylation sites is 1. The van der Waals surface area contributed by atoms with Crippen LogP contribution in [-0.2, 0) is 14.3 Å². The Bertz CT molecular complexity index is 981. The molecule has 2 aromatic carbocycles. The zero-order chi connectivity index (χ0) is 21.7. The van der Waals surface area contributed by atoms with Gasteiger partial charge in [-0.15, -0.1) is 0 Å². The topological polar surface area (TPSA) is 67.9 Å². The molecule has 1 N–H and O–H groups in total. The highest BCUT2D eigenvalue weighted by Gasteiger charge is 2.39. The fourth-order valence-corrected chi connectivity index (χ4v) is 3.43. The van der Waals surface area contributed by atoms with E-state index in [1.54, 1.807) is 19.2 Å². The molecule has 2 amide bonds. The molecule has 0 unspecified atom stereocenters. The summed E-state index contributed by atoms with van der Waals surface area (Å²) in [4.78, 5) is 27.8. The van der Waals surface area contributed by atoms with Crippen molar-refractivity contribution in [3.8, 4) is 5.75 Å². The summed E-state index contributed by atoms with van der Waals surface area (Å²) in [5.41, 5.74) is 4.21. The smallest absolute Gasteiger partial charge is 0.278 e. The average molecular weight is 408 g/mol. The number of carbonyl (C=O) groups excluding carboxylic acids is 2. The van der Waals surface area contributed by atoms with E-state index in [1.165, 1.54) is 4.90 Å². The molecule has 0 fully saturated rings. The molecule has 3 rings (SSSR count). The number of anilines is 1. The summed E-state index contributed by atoms with van der Waals surface area (Å²) in [5.74, 6) is -0.118. The number of aryl methyl sites for hydroxylation is 2. The van der Waals surface area contributed by atoms with Crippen LogP contribution >= 0.6 is 0 Å². The summed E-state index contributed by atoms with van der Waals surface area (Å²) in [5, 5.41) is 3.20. The van der Waals surface area contributed by atoms with Crippen molar-refractivity contribution in [1.29, 1.82) is 0 Å². The molecule has 1 aliphatic heterocycles. The van der Waals surface area contributed by atoms with E-state index in [1.807, 2.05) is 51.1 Å². The van der Waals surface area contributed by atoms with E-state index >= 15 is 0 Å². The monoisotopic (exact) mass is 408 g/mol. The lowest BCUT2D eigenvalue weighted by Crippen LogP contribution is -2.34. The Balaban J connectivity index is 2.00. The Morgan fingerprint density at radius 1 is 1.00 bits per heavy atom. The minimum absolute atomic E-state index is 0.268. The van der Waals surface area contributed by atoms with Gasteiger partial charge in [-0.05, 0) is 56.5 Å². The van der Waals surface area contributed by atoms with Gasteiger partial charge in [0, 0.05) is 31.0 Å². The van der Waals surface area contributed by atoms with Gasteiger partial charge in [0.2, 0.25) is 0 Å². The average Bonchev–Trinajstić information content (AvgIpc) is 2.97. The molecule has 0 aromatic heterocycles. The van der Waals surface area contributed by atoms with Crippen molar-refractivity contribution in [3.05, 3.63) is 64.9 Å². The molecule has 6 nitrogen and oxygen atoms in total. The largest absolute Gasteiger partial charge is 0.496 e. The molecule has 30 heavy (non-hydrogen) atoms. The van der Waals surface area contributed by atoms with Crippen LogP contribution in [0, 0.1) is 13.8 Å². The van der Waals surface area contributed by atoms with Gasteiger partial charge in [-0.25, -0.2) is 0 Å². The van der Waals surface area contributed by atoms with Gasteiger partial charge in [-0.2, -0.15) is 0 Å². The molecule has 0 saturated heterocycles. The van der Waals surface area contributed by atoms with Crippen LogP contribution in [0.15, 0.2) is 48.2 Å². The molecular weight excluding hydrogens is 380 g/mol. The molecular formula is C24H28N2O4. The van der Waals surface area contributed by atoms with Gasteiger partial charge in [0.15, 0.2) is 0 Å². The first-order valence-corrected chi connectivity index (χ1v) is 10.1. The van der Waals surface area contributed by atoms with Crippen LogP contribution in [-0.4, -0.2) is 43.6 Å². The van der Waals surface area contributed by atoms with Crippen LogP contribution in [0.25, 0.3) is 5.57 Å². The summed E-state index contributed by atoms with van der Waals surface area (Å²) in [6.45, 7) is 7.36. The number of amides is 2. The van der Waals surface area contributed by atoms with Gasteiger partial charge in [-0.1, -0.05) is 24.3 Å². The third-order valence-corrected chi connectivity index (χ3v) is 5.20. The zero-order valence-electron chi connectivity index (χ0n) is 18.0. The zero-order valence-corrected chi connectivity index (χ0v) is 18.0. The highest BCUT2D eigenvalue weighted by atomic mass is 16.5. The second kappa shape index (κ2) is 9.59. The van der Waals surface area contributed by atoms with Crippen LogP contribution in [0.3, 0.4) is 0 Å². The maximum absolute atomic E-state index is 13.3. The van der Waals surface area contributed by atoms with Crippen molar-refractivity contribution in [3.63, 3.8) is 0 Å². The third kappa shape index (κ3) is 4.39. The van der Waals surface area contributed by atoms with Crippen LogP contribution in [0.4, 0.5) is 5.69 Å². The number of benzene rings is 2. The number of rotatable bonds is 9. The fourth-order valence-electron chi connectivity index (χ4n) is 3.43. The van der Waals surface area contributed by atoms with E-state index in [9.17, 15) is 9.59 Å². The summed E-state index contributed by atoms with van der Waals surface area (Å²) < 4.78 is 10.8. The summed E-state index contributed by atoms with van der Waals surface area (Å²) in [7, 11) is 1.55. The van der Waals surface area contributed by atoms with Crippen molar-refractivity contribution in [2.24, 2.45) is 0 Å².